The second-order valence-corrected chi connectivity index (χ2v) is 6.43. The van der Waals surface area contributed by atoms with Crippen molar-refractivity contribution in [3.63, 3.8) is 0 Å². The van der Waals surface area contributed by atoms with Crippen molar-refractivity contribution in [2.45, 2.75) is 51.1 Å². The van der Waals surface area contributed by atoms with Gasteiger partial charge in [-0.3, -0.25) is 4.90 Å². The molecule has 0 spiro atoms. The molecule has 0 bridgehead atoms. The molecule has 0 amide bonds. The molecule has 1 saturated heterocycles. The first-order chi connectivity index (χ1) is 10.4. The van der Waals surface area contributed by atoms with Crippen LogP contribution in [-0.2, 0) is 6.54 Å². The van der Waals surface area contributed by atoms with Crippen molar-refractivity contribution in [1.82, 2.24) is 4.90 Å². The van der Waals surface area contributed by atoms with Crippen molar-refractivity contribution in [3.8, 4) is 11.8 Å². The lowest BCUT2D eigenvalue weighted by Gasteiger charge is -2.44. The van der Waals surface area contributed by atoms with Gasteiger partial charge in [0.25, 0.3) is 0 Å². The van der Waals surface area contributed by atoms with E-state index in [-0.39, 0.29) is 0 Å². The van der Waals surface area contributed by atoms with Gasteiger partial charge in [0.05, 0.1) is 6.54 Å². The van der Waals surface area contributed by atoms with Gasteiger partial charge in [-0.25, -0.2) is 0 Å². The van der Waals surface area contributed by atoms with E-state index in [1.54, 1.807) is 0 Å². The number of fused-ring (bicyclic) bond motifs is 1. The van der Waals surface area contributed by atoms with Gasteiger partial charge in [0.1, 0.15) is 0 Å². The molecule has 2 fully saturated rings. The summed E-state index contributed by atoms with van der Waals surface area (Å²) in [6, 6.07) is 9.55. The molecule has 1 aromatic rings. The predicted octanol–water partition coefficient (Wildman–Crippen LogP) is 3.15. The molecule has 2 atom stereocenters. The van der Waals surface area contributed by atoms with Gasteiger partial charge >= 0.3 is 0 Å². The summed E-state index contributed by atoms with van der Waals surface area (Å²) in [4.78, 5) is 2.73. The molecule has 2 nitrogen and oxygen atoms in total. The highest BCUT2D eigenvalue weighted by Crippen LogP contribution is 2.35. The highest BCUT2D eigenvalue weighted by molar-refractivity contribution is 5.36. The minimum absolute atomic E-state index is 0.429. The van der Waals surface area contributed by atoms with E-state index in [0.717, 1.165) is 24.1 Å². The Bertz CT molecular complexity index is 507. The van der Waals surface area contributed by atoms with Crippen molar-refractivity contribution in [2.24, 2.45) is 11.7 Å². The molecule has 2 heteroatoms. The van der Waals surface area contributed by atoms with E-state index in [4.69, 9.17) is 5.73 Å². The number of hydrogen-bond donors (Lipinski definition) is 1. The number of piperidine rings is 1. The summed E-state index contributed by atoms with van der Waals surface area (Å²) < 4.78 is 0. The molecular weight excluding hydrogens is 256 g/mol. The standard InChI is InChI=1S/C19H26N2/c20-13-3-5-16-9-11-17(12-10-16)15-21-14-4-7-18-6-1-2-8-19(18)21/h9-12,18-19H,1-2,4,6-8,13-15,20H2/t18-,19-/m1/s1. The van der Waals surface area contributed by atoms with Gasteiger partial charge in [-0.2, -0.15) is 0 Å². The van der Waals surface area contributed by atoms with E-state index in [2.05, 4.69) is 41.0 Å². The summed E-state index contributed by atoms with van der Waals surface area (Å²) in [7, 11) is 0. The third-order valence-corrected chi connectivity index (χ3v) is 5.03. The molecule has 1 saturated carbocycles. The molecule has 1 aliphatic heterocycles. The van der Waals surface area contributed by atoms with Gasteiger partial charge in [0.15, 0.2) is 0 Å². The molecule has 1 aromatic carbocycles. The topological polar surface area (TPSA) is 29.3 Å². The maximum atomic E-state index is 5.41. The number of nitrogens with zero attached hydrogens (tertiary/aromatic N) is 1. The van der Waals surface area contributed by atoms with Crippen LogP contribution in [0.25, 0.3) is 0 Å². The molecular formula is C19H26N2. The maximum Gasteiger partial charge on any atom is 0.0555 e. The van der Waals surface area contributed by atoms with Crippen LogP contribution in [0, 0.1) is 17.8 Å². The minimum atomic E-state index is 0.429. The fourth-order valence-electron chi connectivity index (χ4n) is 4.01. The lowest BCUT2D eigenvalue weighted by Crippen LogP contribution is -2.46. The van der Waals surface area contributed by atoms with Crippen LogP contribution < -0.4 is 5.73 Å². The Morgan fingerprint density at radius 1 is 1.05 bits per heavy atom. The van der Waals surface area contributed by atoms with E-state index < -0.39 is 0 Å². The van der Waals surface area contributed by atoms with Crippen LogP contribution in [-0.4, -0.2) is 24.0 Å². The molecule has 112 valence electrons. The van der Waals surface area contributed by atoms with Crippen LogP contribution in [0.2, 0.25) is 0 Å². The fraction of sp³-hybridized carbons (Fsp3) is 0.579. The molecule has 0 radical (unpaired) electrons. The molecule has 2 N–H and O–H groups in total. The number of nitrogens with two attached hydrogens (primary N) is 1. The van der Waals surface area contributed by atoms with Crippen molar-refractivity contribution in [2.75, 3.05) is 13.1 Å². The van der Waals surface area contributed by atoms with Crippen molar-refractivity contribution >= 4 is 0 Å². The average Bonchev–Trinajstić information content (AvgIpc) is 2.55. The summed E-state index contributed by atoms with van der Waals surface area (Å²) in [6.45, 7) is 2.81. The monoisotopic (exact) mass is 282 g/mol. The fourth-order valence-corrected chi connectivity index (χ4v) is 4.01. The molecule has 1 aliphatic carbocycles. The first-order valence-corrected chi connectivity index (χ1v) is 8.39. The van der Waals surface area contributed by atoms with Crippen molar-refractivity contribution in [1.29, 1.82) is 0 Å². The molecule has 1 heterocycles. The van der Waals surface area contributed by atoms with Gasteiger partial charge < -0.3 is 5.73 Å². The Balaban J connectivity index is 1.65. The Labute approximate surface area is 128 Å². The normalized spacial score (nSPS) is 25.8. The van der Waals surface area contributed by atoms with Crippen molar-refractivity contribution in [3.05, 3.63) is 35.4 Å². The second-order valence-electron chi connectivity index (χ2n) is 6.43. The Hall–Kier alpha value is -1.30. The predicted molar refractivity (Wildman–Crippen MR) is 87.8 cm³/mol. The summed E-state index contributed by atoms with van der Waals surface area (Å²) in [5, 5.41) is 0. The molecule has 21 heavy (non-hydrogen) atoms. The minimum Gasteiger partial charge on any atom is -0.320 e. The van der Waals surface area contributed by atoms with E-state index in [0.29, 0.717) is 6.54 Å². The smallest absolute Gasteiger partial charge is 0.0555 e. The van der Waals surface area contributed by atoms with E-state index in [1.165, 1.54) is 50.6 Å². The maximum absolute atomic E-state index is 5.41. The van der Waals surface area contributed by atoms with Crippen LogP contribution in [0.15, 0.2) is 24.3 Å². The van der Waals surface area contributed by atoms with E-state index >= 15 is 0 Å². The Morgan fingerprint density at radius 2 is 1.81 bits per heavy atom. The third kappa shape index (κ3) is 3.67. The van der Waals surface area contributed by atoms with Gasteiger partial charge in [0.2, 0.25) is 0 Å². The first kappa shape index (κ1) is 14.6. The number of rotatable bonds is 2. The van der Waals surface area contributed by atoms with Crippen molar-refractivity contribution < 1.29 is 0 Å². The summed E-state index contributed by atoms with van der Waals surface area (Å²) in [6.07, 6.45) is 8.56. The van der Waals surface area contributed by atoms with E-state index in [9.17, 15) is 0 Å². The lowest BCUT2D eigenvalue weighted by atomic mass is 9.78. The average molecular weight is 282 g/mol. The first-order valence-electron chi connectivity index (χ1n) is 8.39. The van der Waals surface area contributed by atoms with Crippen LogP contribution in [0.5, 0.6) is 0 Å². The number of hydrogen-bond acceptors (Lipinski definition) is 2. The third-order valence-electron chi connectivity index (χ3n) is 5.03. The zero-order chi connectivity index (χ0) is 14.5. The molecule has 2 aliphatic rings. The lowest BCUT2D eigenvalue weighted by molar-refractivity contribution is 0.0547. The van der Waals surface area contributed by atoms with Crippen LogP contribution in [0.4, 0.5) is 0 Å². The Kier molecular flexibility index (Phi) is 4.95. The Morgan fingerprint density at radius 3 is 2.62 bits per heavy atom. The van der Waals surface area contributed by atoms with Gasteiger partial charge in [-0.05, 0) is 55.8 Å². The van der Waals surface area contributed by atoms with Gasteiger partial charge in [0, 0.05) is 18.2 Å². The van der Waals surface area contributed by atoms with Gasteiger partial charge in [-0.15, -0.1) is 0 Å². The summed E-state index contributed by atoms with van der Waals surface area (Å²) in [5.41, 5.74) is 7.90. The number of likely N-dealkylation sites (tertiary alicyclic amines) is 1. The summed E-state index contributed by atoms with van der Waals surface area (Å²) >= 11 is 0. The summed E-state index contributed by atoms with van der Waals surface area (Å²) in [5.74, 6) is 6.96. The SMILES string of the molecule is NCC#Cc1ccc(CN2CCC[C@H]3CCCC[C@H]32)cc1. The highest BCUT2D eigenvalue weighted by atomic mass is 15.2. The zero-order valence-electron chi connectivity index (χ0n) is 12.9. The zero-order valence-corrected chi connectivity index (χ0v) is 12.9. The molecule has 0 aromatic heterocycles. The second kappa shape index (κ2) is 7.11. The molecule has 0 unspecified atom stereocenters. The van der Waals surface area contributed by atoms with Crippen LogP contribution in [0.1, 0.15) is 49.7 Å². The van der Waals surface area contributed by atoms with Crippen LogP contribution >= 0.6 is 0 Å². The van der Waals surface area contributed by atoms with Crippen LogP contribution in [0.3, 0.4) is 0 Å². The largest absolute Gasteiger partial charge is 0.320 e. The highest BCUT2D eigenvalue weighted by Gasteiger charge is 2.32. The molecule has 3 rings (SSSR count). The van der Waals surface area contributed by atoms with Gasteiger partial charge in [-0.1, -0.05) is 36.8 Å². The number of benzene rings is 1. The van der Waals surface area contributed by atoms with E-state index in [1.807, 2.05) is 0 Å². The quantitative estimate of drug-likeness (QED) is 0.844.